The van der Waals surface area contributed by atoms with Gasteiger partial charge in [0, 0.05) is 10.4 Å². The first-order valence-corrected chi connectivity index (χ1v) is 10.5. The topological polar surface area (TPSA) is 81.2 Å². The molecule has 1 aliphatic carbocycles. The molecule has 0 fully saturated rings. The second-order valence-corrected chi connectivity index (χ2v) is 8.58. The number of nitrogens with one attached hydrogen (secondary N) is 1. The summed E-state index contributed by atoms with van der Waals surface area (Å²) in [7, 11) is 0. The van der Waals surface area contributed by atoms with Crippen molar-refractivity contribution in [1.29, 1.82) is 0 Å². The molecule has 0 aliphatic heterocycles. The van der Waals surface area contributed by atoms with Crippen LogP contribution in [0.4, 0.5) is 5.69 Å². The lowest BCUT2D eigenvalue weighted by Crippen LogP contribution is -2.17. The summed E-state index contributed by atoms with van der Waals surface area (Å²) < 4.78 is 9.97. The van der Waals surface area contributed by atoms with Gasteiger partial charge in [-0.05, 0) is 67.4 Å². The molecule has 140 valence electrons. The van der Waals surface area contributed by atoms with Crippen molar-refractivity contribution in [2.75, 3.05) is 11.9 Å². The largest absolute Gasteiger partial charge is 0.462 e. The van der Waals surface area contributed by atoms with Crippen LogP contribution in [-0.4, -0.2) is 28.1 Å². The molecule has 8 heteroatoms. The van der Waals surface area contributed by atoms with Crippen LogP contribution >= 0.6 is 22.9 Å². The molecule has 6 nitrogen and oxygen atoms in total. The molecule has 1 atom stereocenters. The first kappa shape index (κ1) is 18.1. The number of anilines is 1. The molecule has 27 heavy (non-hydrogen) atoms. The first-order valence-electron chi connectivity index (χ1n) is 8.92. The Labute approximate surface area is 164 Å². The number of rotatable bonds is 4. The van der Waals surface area contributed by atoms with Crippen LogP contribution in [-0.2, 0) is 17.6 Å². The molecular weight excluding hydrogens is 382 g/mol. The average Bonchev–Trinajstić information content (AvgIpc) is 3.25. The number of hydrogen-bond acceptors (Lipinski definition) is 7. The number of fused-ring (bicyclic) bond motifs is 2. The predicted molar refractivity (Wildman–Crippen MR) is 107 cm³/mol. The lowest BCUT2D eigenvalue weighted by molar-refractivity contribution is 0.0533. The van der Waals surface area contributed by atoms with Gasteiger partial charge in [-0.2, -0.15) is 0 Å². The molecule has 1 amide bonds. The highest BCUT2D eigenvalue weighted by atomic mass is 32.1. The normalized spacial score (nSPS) is 16.1. The van der Waals surface area contributed by atoms with Gasteiger partial charge in [0.15, 0.2) is 0 Å². The summed E-state index contributed by atoms with van der Waals surface area (Å²) in [5.41, 5.74) is 2.99. The van der Waals surface area contributed by atoms with E-state index in [4.69, 9.17) is 4.74 Å². The van der Waals surface area contributed by atoms with Crippen molar-refractivity contribution in [2.24, 2.45) is 5.92 Å². The zero-order valence-corrected chi connectivity index (χ0v) is 16.7. The van der Waals surface area contributed by atoms with Gasteiger partial charge in [-0.15, -0.1) is 16.4 Å². The van der Waals surface area contributed by atoms with Gasteiger partial charge >= 0.3 is 5.97 Å². The van der Waals surface area contributed by atoms with Crippen LogP contribution in [0.1, 0.15) is 50.7 Å². The predicted octanol–water partition coefficient (Wildman–Crippen LogP) is 4.31. The maximum absolute atomic E-state index is 12.9. The summed E-state index contributed by atoms with van der Waals surface area (Å²) in [5, 5.41) is 6.98. The third kappa shape index (κ3) is 3.46. The minimum atomic E-state index is -0.373. The van der Waals surface area contributed by atoms with E-state index in [1.807, 2.05) is 0 Å². The Hall–Kier alpha value is -2.32. The third-order valence-corrected chi connectivity index (χ3v) is 6.64. The smallest absolute Gasteiger partial charge is 0.350 e. The minimum absolute atomic E-state index is 0.241. The SMILES string of the molecule is CCOC(=O)c1sc2c(c1NC(=O)c1ccc3nnsc3c1)CCC(C)C2. The van der Waals surface area contributed by atoms with Crippen LogP contribution in [0.15, 0.2) is 18.2 Å². The fourth-order valence-corrected chi connectivity index (χ4v) is 5.29. The van der Waals surface area contributed by atoms with E-state index in [0.717, 1.165) is 35.0 Å². The molecule has 2 heterocycles. The van der Waals surface area contributed by atoms with E-state index in [9.17, 15) is 9.59 Å². The van der Waals surface area contributed by atoms with Gasteiger partial charge in [0.2, 0.25) is 0 Å². The highest BCUT2D eigenvalue weighted by molar-refractivity contribution is 7.15. The van der Waals surface area contributed by atoms with E-state index in [0.29, 0.717) is 28.7 Å². The molecule has 3 aromatic rings. The number of ether oxygens (including phenoxy) is 1. The summed E-state index contributed by atoms with van der Waals surface area (Å²) in [6.07, 6.45) is 2.84. The van der Waals surface area contributed by atoms with Gasteiger partial charge < -0.3 is 10.1 Å². The maximum atomic E-state index is 12.9. The number of thiophene rings is 1. The Kier molecular flexibility index (Phi) is 4.92. The van der Waals surface area contributed by atoms with E-state index in [1.165, 1.54) is 27.7 Å². The first-order chi connectivity index (χ1) is 13.1. The number of nitrogens with zero attached hydrogens (tertiary/aromatic N) is 2. The van der Waals surface area contributed by atoms with Crippen LogP contribution in [0.2, 0.25) is 0 Å². The van der Waals surface area contributed by atoms with E-state index >= 15 is 0 Å². The summed E-state index contributed by atoms with van der Waals surface area (Å²) in [5.74, 6) is -0.0342. The summed E-state index contributed by atoms with van der Waals surface area (Å²) in [6.45, 7) is 4.30. The zero-order valence-electron chi connectivity index (χ0n) is 15.1. The number of amides is 1. The molecule has 0 spiro atoms. The fourth-order valence-electron chi connectivity index (χ4n) is 3.33. The van der Waals surface area contributed by atoms with Gasteiger partial charge in [0.1, 0.15) is 10.4 Å². The quantitative estimate of drug-likeness (QED) is 0.659. The van der Waals surface area contributed by atoms with Crippen molar-refractivity contribution in [1.82, 2.24) is 9.59 Å². The van der Waals surface area contributed by atoms with Gasteiger partial charge in [-0.25, -0.2) is 4.79 Å². The van der Waals surface area contributed by atoms with Crippen LogP contribution in [0, 0.1) is 5.92 Å². The monoisotopic (exact) mass is 401 g/mol. The number of carbonyl (C=O) groups is 2. The number of hydrogen-bond donors (Lipinski definition) is 1. The van der Waals surface area contributed by atoms with Gasteiger partial charge in [0.25, 0.3) is 5.91 Å². The molecular formula is C19H19N3O3S2. The highest BCUT2D eigenvalue weighted by Crippen LogP contribution is 2.40. The van der Waals surface area contributed by atoms with Gasteiger partial charge in [-0.1, -0.05) is 11.4 Å². The lowest BCUT2D eigenvalue weighted by Gasteiger charge is -2.19. The second kappa shape index (κ2) is 7.36. The Balaban J connectivity index is 1.69. The van der Waals surface area contributed by atoms with Crippen molar-refractivity contribution in [3.8, 4) is 0 Å². The van der Waals surface area contributed by atoms with E-state index < -0.39 is 0 Å². The highest BCUT2D eigenvalue weighted by Gasteiger charge is 2.28. The van der Waals surface area contributed by atoms with Crippen LogP contribution in [0.5, 0.6) is 0 Å². The molecule has 0 radical (unpaired) electrons. The molecule has 4 rings (SSSR count). The Bertz CT molecular complexity index is 1020. The van der Waals surface area contributed by atoms with E-state index in [1.54, 1.807) is 25.1 Å². The number of esters is 1. The molecule has 0 saturated carbocycles. The second-order valence-electron chi connectivity index (χ2n) is 6.69. The van der Waals surface area contributed by atoms with Crippen LogP contribution in [0.3, 0.4) is 0 Å². The summed E-state index contributed by atoms with van der Waals surface area (Å²) >= 11 is 2.70. The molecule has 0 bridgehead atoms. The number of benzene rings is 1. The van der Waals surface area contributed by atoms with Crippen molar-refractivity contribution < 1.29 is 14.3 Å². The molecule has 2 aromatic heterocycles. The zero-order chi connectivity index (χ0) is 19.0. The third-order valence-electron chi connectivity index (χ3n) is 4.72. The Morgan fingerprint density at radius 1 is 1.37 bits per heavy atom. The summed E-state index contributed by atoms with van der Waals surface area (Å²) in [4.78, 5) is 27.0. The molecule has 1 aromatic carbocycles. The molecule has 1 aliphatic rings. The van der Waals surface area contributed by atoms with Crippen LogP contribution < -0.4 is 5.32 Å². The van der Waals surface area contributed by atoms with E-state index in [2.05, 4.69) is 21.8 Å². The summed E-state index contributed by atoms with van der Waals surface area (Å²) in [6, 6.07) is 5.29. The number of aromatic nitrogens is 2. The van der Waals surface area contributed by atoms with E-state index in [-0.39, 0.29) is 11.9 Å². The fraction of sp³-hybridized carbons (Fsp3) is 0.368. The van der Waals surface area contributed by atoms with Crippen molar-refractivity contribution >= 4 is 50.6 Å². The Morgan fingerprint density at radius 3 is 3.04 bits per heavy atom. The average molecular weight is 402 g/mol. The van der Waals surface area contributed by atoms with Crippen molar-refractivity contribution in [3.63, 3.8) is 0 Å². The lowest BCUT2D eigenvalue weighted by atomic mass is 9.89. The van der Waals surface area contributed by atoms with Gasteiger partial charge in [0.05, 0.1) is 17.0 Å². The molecule has 1 N–H and O–H groups in total. The van der Waals surface area contributed by atoms with Crippen molar-refractivity contribution in [3.05, 3.63) is 39.1 Å². The molecule has 1 unspecified atom stereocenters. The minimum Gasteiger partial charge on any atom is -0.462 e. The standard InChI is InChI=1S/C19H19N3O3S2/c1-3-25-19(24)17-16(12-6-4-10(2)8-14(12)26-17)20-18(23)11-5-7-13-15(9-11)27-22-21-13/h5,7,9-10H,3-4,6,8H2,1-2H3,(H,20,23). The molecule has 0 saturated heterocycles. The maximum Gasteiger partial charge on any atom is 0.350 e. The van der Waals surface area contributed by atoms with Crippen molar-refractivity contribution in [2.45, 2.75) is 33.1 Å². The van der Waals surface area contributed by atoms with Crippen LogP contribution in [0.25, 0.3) is 10.2 Å². The number of carbonyl (C=O) groups excluding carboxylic acids is 2. The Morgan fingerprint density at radius 2 is 2.22 bits per heavy atom. The van der Waals surface area contributed by atoms with Gasteiger partial charge in [-0.3, -0.25) is 4.79 Å².